The summed E-state index contributed by atoms with van der Waals surface area (Å²) in [6, 6.07) is 5.55. The van der Waals surface area contributed by atoms with Gasteiger partial charge in [0.1, 0.15) is 6.04 Å². The third-order valence-corrected chi connectivity index (χ3v) is 6.16. The van der Waals surface area contributed by atoms with E-state index in [2.05, 4.69) is 4.72 Å². The number of piperidine rings is 1. The summed E-state index contributed by atoms with van der Waals surface area (Å²) in [5.41, 5.74) is 0.946. The number of benzene rings is 1. The summed E-state index contributed by atoms with van der Waals surface area (Å²) >= 11 is 0. The highest BCUT2D eigenvalue weighted by Crippen LogP contribution is 2.20. The van der Waals surface area contributed by atoms with Crippen LogP contribution in [0, 0.1) is 18.8 Å². The number of nitrogens with zero attached hydrogens (tertiary/aromatic N) is 1. The molecule has 0 aromatic heterocycles. The highest BCUT2D eigenvalue weighted by molar-refractivity contribution is 7.89. The van der Waals surface area contributed by atoms with Crippen LogP contribution in [0.3, 0.4) is 0 Å². The fourth-order valence-electron chi connectivity index (χ4n) is 2.97. The first-order valence-electron chi connectivity index (χ1n) is 8.72. The van der Waals surface area contributed by atoms with Gasteiger partial charge in [0.2, 0.25) is 15.9 Å². The number of aliphatic carboxylic acids is 1. The highest BCUT2D eigenvalue weighted by atomic mass is 32.2. The number of nitrogens with one attached hydrogen (secondary N) is 1. The summed E-state index contributed by atoms with van der Waals surface area (Å²) in [5.74, 6) is -1.84. The molecule has 1 aliphatic rings. The van der Waals surface area contributed by atoms with E-state index in [0.717, 1.165) is 5.56 Å². The molecule has 0 saturated carbocycles. The number of aryl methyl sites for hydroxylation is 1. The predicted molar refractivity (Wildman–Crippen MR) is 97.1 cm³/mol. The number of likely N-dealkylation sites (tertiary alicyclic amines) is 1. The second-order valence-corrected chi connectivity index (χ2v) is 8.81. The van der Waals surface area contributed by atoms with E-state index in [1.54, 1.807) is 30.9 Å². The Morgan fingerprint density at radius 2 is 1.69 bits per heavy atom. The summed E-state index contributed by atoms with van der Waals surface area (Å²) in [4.78, 5) is 25.6. The largest absolute Gasteiger partial charge is 0.481 e. The van der Waals surface area contributed by atoms with Crippen LogP contribution in [0.1, 0.15) is 32.3 Å². The van der Waals surface area contributed by atoms with E-state index in [1.807, 2.05) is 6.92 Å². The lowest BCUT2D eigenvalue weighted by molar-refractivity contribution is -0.146. The van der Waals surface area contributed by atoms with Gasteiger partial charge < -0.3 is 10.0 Å². The molecule has 144 valence electrons. The zero-order valence-corrected chi connectivity index (χ0v) is 16.1. The normalized spacial score (nSPS) is 17.3. The number of hydrogen-bond acceptors (Lipinski definition) is 4. The molecule has 26 heavy (non-hydrogen) atoms. The summed E-state index contributed by atoms with van der Waals surface area (Å²) in [7, 11) is -3.82. The molecule has 8 heteroatoms. The molecule has 1 fully saturated rings. The fourth-order valence-corrected chi connectivity index (χ4v) is 4.31. The number of amides is 1. The number of hydrogen-bond donors (Lipinski definition) is 2. The van der Waals surface area contributed by atoms with Crippen molar-refractivity contribution in [2.75, 3.05) is 13.1 Å². The Labute approximate surface area is 154 Å². The maximum atomic E-state index is 12.8. The van der Waals surface area contributed by atoms with Crippen molar-refractivity contribution in [3.63, 3.8) is 0 Å². The smallest absolute Gasteiger partial charge is 0.306 e. The number of carbonyl (C=O) groups is 2. The van der Waals surface area contributed by atoms with Crippen LogP contribution in [-0.4, -0.2) is 49.4 Å². The molecule has 1 saturated heterocycles. The third-order valence-electron chi connectivity index (χ3n) is 4.70. The summed E-state index contributed by atoms with van der Waals surface area (Å²) in [6.07, 6.45) is 0.771. The summed E-state index contributed by atoms with van der Waals surface area (Å²) in [6.45, 7) is 6.08. The van der Waals surface area contributed by atoms with Gasteiger partial charge in [-0.15, -0.1) is 0 Å². The second kappa shape index (κ2) is 8.18. The second-order valence-electron chi connectivity index (χ2n) is 7.09. The van der Waals surface area contributed by atoms with Crippen LogP contribution in [0.15, 0.2) is 29.2 Å². The predicted octanol–water partition coefficient (Wildman–Crippen LogP) is 1.62. The number of carboxylic acids is 1. The Bertz CT molecular complexity index is 750. The summed E-state index contributed by atoms with van der Waals surface area (Å²) in [5, 5.41) is 9.06. The first kappa shape index (κ1) is 20.4. The molecule has 7 nitrogen and oxygen atoms in total. The fraction of sp³-hybridized carbons (Fsp3) is 0.556. The van der Waals surface area contributed by atoms with Crippen molar-refractivity contribution in [3.8, 4) is 0 Å². The van der Waals surface area contributed by atoms with Crippen molar-refractivity contribution in [3.05, 3.63) is 29.8 Å². The van der Waals surface area contributed by atoms with E-state index < -0.39 is 28.0 Å². The average Bonchev–Trinajstić information content (AvgIpc) is 2.59. The maximum absolute atomic E-state index is 12.8. The topological polar surface area (TPSA) is 104 Å². The maximum Gasteiger partial charge on any atom is 0.306 e. The van der Waals surface area contributed by atoms with Crippen molar-refractivity contribution in [1.29, 1.82) is 0 Å². The lowest BCUT2D eigenvalue weighted by Crippen LogP contribution is -2.53. The standard InChI is InChI=1S/C18H26N2O5S/c1-12(2)16(17(21)20-10-8-14(9-11-20)18(22)23)19-26(24,25)15-6-4-13(3)5-7-15/h4-7,12,14,16,19H,8-11H2,1-3H3,(H,22,23). The van der Waals surface area contributed by atoms with Gasteiger partial charge in [0.15, 0.2) is 0 Å². The molecule has 1 atom stereocenters. The molecular formula is C18H26N2O5S. The molecule has 0 spiro atoms. The molecule has 1 heterocycles. The van der Waals surface area contributed by atoms with E-state index >= 15 is 0 Å². The third kappa shape index (κ3) is 4.82. The monoisotopic (exact) mass is 382 g/mol. The van der Waals surface area contributed by atoms with E-state index in [0.29, 0.717) is 25.9 Å². The van der Waals surface area contributed by atoms with E-state index in [9.17, 15) is 18.0 Å². The van der Waals surface area contributed by atoms with Crippen LogP contribution >= 0.6 is 0 Å². The van der Waals surface area contributed by atoms with Gasteiger partial charge in [0, 0.05) is 13.1 Å². The van der Waals surface area contributed by atoms with Gasteiger partial charge in [-0.1, -0.05) is 31.5 Å². The minimum absolute atomic E-state index is 0.117. The zero-order chi connectivity index (χ0) is 19.5. The van der Waals surface area contributed by atoms with Crippen molar-refractivity contribution in [2.24, 2.45) is 11.8 Å². The molecule has 1 aromatic carbocycles. The number of sulfonamides is 1. The van der Waals surface area contributed by atoms with Crippen LogP contribution in [0.25, 0.3) is 0 Å². The van der Waals surface area contributed by atoms with Gasteiger partial charge in [-0.3, -0.25) is 9.59 Å². The molecule has 0 radical (unpaired) electrons. The SMILES string of the molecule is Cc1ccc(S(=O)(=O)NC(C(=O)N2CCC(C(=O)O)CC2)C(C)C)cc1. The Balaban J connectivity index is 2.12. The first-order chi connectivity index (χ1) is 12.1. The van der Waals surface area contributed by atoms with Crippen LogP contribution in [0.2, 0.25) is 0 Å². The Morgan fingerprint density at radius 1 is 1.15 bits per heavy atom. The zero-order valence-electron chi connectivity index (χ0n) is 15.3. The van der Waals surface area contributed by atoms with E-state index in [1.165, 1.54) is 12.1 Å². The van der Waals surface area contributed by atoms with Gasteiger partial charge in [-0.25, -0.2) is 8.42 Å². The van der Waals surface area contributed by atoms with Gasteiger partial charge in [0.25, 0.3) is 0 Å². The van der Waals surface area contributed by atoms with Gasteiger partial charge in [0.05, 0.1) is 10.8 Å². The Kier molecular flexibility index (Phi) is 6.41. The average molecular weight is 382 g/mol. The molecule has 0 bridgehead atoms. The Morgan fingerprint density at radius 3 is 2.15 bits per heavy atom. The van der Waals surface area contributed by atoms with Crippen LogP contribution in [0.5, 0.6) is 0 Å². The lowest BCUT2D eigenvalue weighted by Gasteiger charge is -2.34. The van der Waals surface area contributed by atoms with Crippen molar-refractivity contribution in [2.45, 2.75) is 44.6 Å². The molecule has 0 aliphatic carbocycles. The van der Waals surface area contributed by atoms with E-state index in [-0.39, 0.29) is 16.7 Å². The van der Waals surface area contributed by atoms with Crippen LogP contribution < -0.4 is 4.72 Å². The molecule has 1 amide bonds. The minimum Gasteiger partial charge on any atom is -0.481 e. The van der Waals surface area contributed by atoms with Crippen molar-refractivity contribution >= 4 is 21.9 Å². The van der Waals surface area contributed by atoms with Crippen LogP contribution in [0.4, 0.5) is 0 Å². The van der Waals surface area contributed by atoms with E-state index in [4.69, 9.17) is 5.11 Å². The summed E-state index contributed by atoms with van der Waals surface area (Å²) < 4.78 is 27.8. The first-order valence-corrected chi connectivity index (χ1v) is 10.2. The molecule has 1 unspecified atom stereocenters. The number of carbonyl (C=O) groups excluding carboxylic acids is 1. The van der Waals surface area contributed by atoms with Crippen LogP contribution in [-0.2, 0) is 19.6 Å². The molecule has 1 aromatic rings. The van der Waals surface area contributed by atoms with Crippen molar-refractivity contribution in [1.82, 2.24) is 9.62 Å². The van der Waals surface area contributed by atoms with Gasteiger partial charge in [-0.05, 0) is 37.8 Å². The van der Waals surface area contributed by atoms with Gasteiger partial charge >= 0.3 is 5.97 Å². The Hall–Kier alpha value is -1.93. The highest BCUT2D eigenvalue weighted by Gasteiger charge is 2.34. The molecular weight excluding hydrogens is 356 g/mol. The number of carboxylic acid groups (broad SMARTS) is 1. The minimum atomic E-state index is -3.82. The quantitative estimate of drug-likeness (QED) is 0.778. The molecule has 1 aliphatic heterocycles. The number of rotatable bonds is 6. The van der Waals surface area contributed by atoms with Gasteiger partial charge in [-0.2, -0.15) is 4.72 Å². The molecule has 2 rings (SSSR count). The lowest BCUT2D eigenvalue weighted by atomic mass is 9.95. The molecule has 2 N–H and O–H groups in total. The van der Waals surface area contributed by atoms with Crippen molar-refractivity contribution < 1.29 is 23.1 Å².